The highest BCUT2D eigenvalue weighted by atomic mass is 16.5. The first-order valence-electron chi connectivity index (χ1n) is 13.2. The Labute approximate surface area is 199 Å². The first-order valence-corrected chi connectivity index (χ1v) is 13.2. The molecule has 4 rings (SSSR count). The lowest BCUT2D eigenvalue weighted by Crippen LogP contribution is -2.37. The van der Waals surface area contributed by atoms with Gasteiger partial charge in [0.1, 0.15) is 5.75 Å². The van der Waals surface area contributed by atoms with Crippen molar-refractivity contribution in [1.29, 1.82) is 0 Å². The molecule has 0 radical (unpaired) electrons. The van der Waals surface area contributed by atoms with E-state index in [2.05, 4.69) is 59.4 Å². The van der Waals surface area contributed by atoms with Gasteiger partial charge in [0, 0.05) is 17.7 Å². The van der Waals surface area contributed by atoms with E-state index in [0.29, 0.717) is 24.6 Å². The van der Waals surface area contributed by atoms with Crippen molar-refractivity contribution in [1.82, 2.24) is 15.1 Å². The molecule has 0 unspecified atom stereocenters. The van der Waals surface area contributed by atoms with Crippen LogP contribution in [0, 0.1) is 0 Å². The molecule has 2 heterocycles. The van der Waals surface area contributed by atoms with Crippen LogP contribution in [0.4, 0.5) is 0 Å². The summed E-state index contributed by atoms with van der Waals surface area (Å²) in [6.07, 6.45) is 14.8. The fourth-order valence-corrected chi connectivity index (χ4v) is 5.15. The van der Waals surface area contributed by atoms with Crippen LogP contribution in [0.1, 0.15) is 83.2 Å². The third-order valence-electron chi connectivity index (χ3n) is 7.26. The van der Waals surface area contributed by atoms with Gasteiger partial charge in [0.05, 0.1) is 18.4 Å². The molecule has 1 atom stereocenters. The fourth-order valence-electron chi connectivity index (χ4n) is 5.15. The molecule has 0 amide bonds. The predicted octanol–water partition coefficient (Wildman–Crippen LogP) is 6.45. The molecule has 1 aliphatic heterocycles. The molecule has 1 aromatic carbocycles. The summed E-state index contributed by atoms with van der Waals surface area (Å²) in [5.74, 6) is 1.60. The lowest BCUT2D eigenvalue weighted by molar-refractivity contribution is 0.151. The van der Waals surface area contributed by atoms with Gasteiger partial charge in [-0.15, -0.1) is 5.10 Å². The lowest BCUT2D eigenvalue weighted by atomic mass is 9.97. The lowest BCUT2D eigenvalue weighted by Gasteiger charge is -2.32. The van der Waals surface area contributed by atoms with E-state index in [1.165, 1.54) is 57.9 Å². The van der Waals surface area contributed by atoms with Gasteiger partial charge < -0.3 is 14.4 Å². The quantitative estimate of drug-likeness (QED) is 0.415. The van der Waals surface area contributed by atoms with Gasteiger partial charge in [-0.1, -0.05) is 38.3 Å². The Balaban J connectivity index is 1.42. The van der Waals surface area contributed by atoms with E-state index >= 15 is 0 Å². The van der Waals surface area contributed by atoms with E-state index in [1.54, 1.807) is 0 Å². The molecule has 2 aromatic rings. The molecule has 0 spiro atoms. The van der Waals surface area contributed by atoms with Crippen LogP contribution in [-0.4, -0.2) is 47.4 Å². The van der Waals surface area contributed by atoms with E-state index in [1.807, 2.05) is 0 Å². The highest BCUT2D eigenvalue weighted by molar-refractivity contribution is 5.67. The monoisotopic (exact) mass is 451 g/mol. The maximum absolute atomic E-state index is 6.23. The van der Waals surface area contributed by atoms with Gasteiger partial charge >= 0.3 is 0 Å². The minimum absolute atomic E-state index is 0.371. The van der Waals surface area contributed by atoms with Gasteiger partial charge in [-0.05, 0) is 89.1 Å². The zero-order valence-electron chi connectivity index (χ0n) is 20.6. The molecule has 2 fully saturated rings. The summed E-state index contributed by atoms with van der Waals surface area (Å²) in [4.78, 5) is 2.47. The third-order valence-corrected chi connectivity index (χ3v) is 7.26. The maximum Gasteiger partial charge on any atom is 0.234 e. The number of aryl methyl sites for hydroxylation is 1. The molecular weight excluding hydrogens is 410 g/mol. The number of unbranched alkanes of at least 4 members (excludes halogenated alkanes) is 1. The van der Waals surface area contributed by atoms with Gasteiger partial charge in [0.2, 0.25) is 5.88 Å². The number of hydrogen-bond acceptors (Lipinski definition) is 5. The number of likely N-dealkylation sites (tertiary alicyclic amines) is 1. The van der Waals surface area contributed by atoms with Crippen LogP contribution in [0.25, 0.3) is 11.1 Å². The van der Waals surface area contributed by atoms with Crippen LogP contribution in [0.15, 0.2) is 30.3 Å². The molecule has 33 heavy (non-hydrogen) atoms. The zero-order chi connectivity index (χ0) is 22.9. The molecule has 1 aliphatic carbocycles. The van der Waals surface area contributed by atoms with Gasteiger partial charge in [-0.3, -0.25) is 0 Å². The molecule has 180 valence electrons. The Morgan fingerprint density at radius 1 is 0.970 bits per heavy atom. The van der Waals surface area contributed by atoms with Gasteiger partial charge in [-0.25, -0.2) is 0 Å². The Bertz CT molecular complexity index is 849. The van der Waals surface area contributed by atoms with Crippen molar-refractivity contribution in [3.05, 3.63) is 36.0 Å². The van der Waals surface area contributed by atoms with Crippen molar-refractivity contribution in [3.63, 3.8) is 0 Å². The topological polar surface area (TPSA) is 47.5 Å². The van der Waals surface area contributed by atoms with Crippen molar-refractivity contribution >= 4 is 0 Å². The van der Waals surface area contributed by atoms with Crippen molar-refractivity contribution < 1.29 is 9.47 Å². The summed E-state index contributed by atoms with van der Waals surface area (Å²) in [5.41, 5.74) is 3.34. The first kappa shape index (κ1) is 24.0. The van der Waals surface area contributed by atoms with E-state index in [4.69, 9.17) is 9.47 Å². The Morgan fingerprint density at radius 3 is 2.52 bits per heavy atom. The molecule has 5 heteroatoms. The molecule has 1 saturated heterocycles. The van der Waals surface area contributed by atoms with Gasteiger partial charge in [-0.2, -0.15) is 5.10 Å². The average Bonchev–Trinajstić information content (AvgIpc) is 2.85. The number of ether oxygens (including phenoxy) is 2. The highest BCUT2D eigenvalue weighted by Gasteiger charge is 2.19. The SMILES string of the molecule is CCCCc1nnc(OCC[C@H]2CCCCN2C)cc1-c1ccc(OC2CCCCC2)cc1. The molecule has 0 N–H and O–H groups in total. The second-order valence-corrected chi connectivity index (χ2v) is 9.82. The zero-order valence-corrected chi connectivity index (χ0v) is 20.6. The second kappa shape index (κ2) is 12.4. The summed E-state index contributed by atoms with van der Waals surface area (Å²) in [6, 6.07) is 11.2. The molecule has 2 aliphatic rings. The Hall–Kier alpha value is -2.14. The molecule has 1 saturated carbocycles. The van der Waals surface area contributed by atoms with Gasteiger partial charge in [0.25, 0.3) is 0 Å². The number of benzene rings is 1. The normalized spacial score (nSPS) is 20.0. The molecule has 0 bridgehead atoms. The van der Waals surface area contributed by atoms with Crippen LogP contribution in [0.2, 0.25) is 0 Å². The fraction of sp³-hybridized carbons (Fsp3) is 0.643. The van der Waals surface area contributed by atoms with Gasteiger partial charge in [0.15, 0.2) is 0 Å². The Morgan fingerprint density at radius 2 is 1.76 bits per heavy atom. The number of nitrogens with zero attached hydrogens (tertiary/aromatic N) is 3. The van der Waals surface area contributed by atoms with E-state index < -0.39 is 0 Å². The highest BCUT2D eigenvalue weighted by Crippen LogP contribution is 2.30. The van der Waals surface area contributed by atoms with Crippen LogP contribution in [0.3, 0.4) is 0 Å². The van der Waals surface area contributed by atoms with E-state index in [9.17, 15) is 0 Å². The smallest absolute Gasteiger partial charge is 0.234 e. The summed E-state index contributed by atoms with van der Waals surface area (Å²) < 4.78 is 12.3. The third kappa shape index (κ3) is 6.92. The minimum atomic E-state index is 0.371. The summed E-state index contributed by atoms with van der Waals surface area (Å²) in [5, 5.41) is 8.98. The van der Waals surface area contributed by atoms with Crippen molar-refractivity contribution in [2.75, 3.05) is 20.2 Å². The number of piperidine rings is 1. The standard InChI is InChI=1S/C28H41N3O2/c1-3-4-13-27-26(22-14-16-25(17-15-22)33-24-11-6-5-7-12-24)21-28(30-29-27)32-20-18-23-10-8-9-19-31(23)2/h14-17,21,23-24H,3-13,18-20H2,1-2H3/t23-/m1/s1. The predicted molar refractivity (Wildman–Crippen MR) is 134 cm³/mol. The number of rotatable bonds is 10. The summed E-state index contributed by atoms with van der Waals surface area (Å²) in [7, 11) is 2.23. The van der Waals surface area contributed by atoms with Crippen LogP contribution >= 0.6 is 0 Å². The molecule has 5 nitrogen and oxygen atoms in total. The second-order valence-electron chi connectivity index (χ2n) is 9.82. The Kier molecular flexibility index (Phi) is 8.99. The minimum Gasteiger partial charge on any atom is -0.490 e. The largest absolute Gasteiger partial charge is 0.490 e. The van der Waals surface area contributed by atoms with Crippen LogP contribution in [-0.2, 0) is 6.42 Å². The van der Waals surface area contributed by atoms with Crippen LogP contribution < -0.4 is 9.47 Å². The van der Waals surface area contributed by atoms with E-state index in [0.717, 1.165) is 48.3 Å². The number of hydrogen-bond donors (Lipinski definition) is 0. The van der Waals surface area contributed by atoms with Crippen molar-refractivity contribution in [2.24, 2.45) is 0 Å². The average molecular weight is 452 g/mol. The van der Waals surface area contributed by atoms with Crippen molar-refractivity contribution in [3.8, 4) is 22.8 Å². The maximum atomic E-state index is 6.23. The molecule has 1 aromatic heterocycles. The van der Waals surface area contributed by atoms with E-state index in [-0.39, 0.29) is 0 Å². The summed E-state index contributed by atoms with van der Waals surface area (Å²) >= 11 is 0. The first-order chi connectivity index (χ1) is 16.2. The van der Waals surface area contributed by atoms with Crippen LogP contribution in [0.5, 0.6) is 11.6 Å². The van der Waals surface area contributed by atoms with Crippen molar-refractivity contribution in [2.45, 2.75) is 96.1 Å². The molecular formula is C28H41N3O2. The number of aromatic nitrogens is 2. The summed E-state index contributed by atoms with van der Waals surface area (Å²) in [6.45, 7) is 4.09.